The number of nitrogens with zero attached hydrogens (tertiary/aromatic N) is 2. The number of aromatic nitrogens is 1. The summed E-state index contributed by atoms with van der Waals surface area (Å²) in [7, 11) is 1.75. The van der Waals surface area contributed by atoms with Gasteiger partial charge in [0.05, 0.1) is 0 Å². The van der Waals surface area contributed by atoms with E-state index in [0.717, 1.165) is 27.2 Å². The molecule has 2 saturated heterocycles. The molecule has 34 nitrogen and oxygen atoms in total. The van der Waals surface area contributed by atoms with Crippen LogP contribution in [0, 0.1) is 12.8 Å². The number of fused-ring (bicyclic) bond motifs is 1. The van der Waals surface area contributed by atoms with E-state index in [0.29, 0.717) is 59.7 Å². The fraction of sp³-hybridized carbons (Fsp3) is 0.507. The number of aliphatic imine (C=N–C) groups is 1. The number of aromatic amines is 1. The van der Waals surface area contributed by atoms with E-state index >= 15 is 14.4 Å². The Hall–Kier alpha value is -10.5. The van der Waals surface area contributed by atoms with Gasteiger partial charge in [-0.3, -0.25) is 72.1 Å². The van der Waals surface area contributed by atoms with Crippen molar-refractivity contribution in [3.05, 3.63) is 101 Å². The van der Waals surface area contributed by atoms with E-state index in [1.807, 2.05) is 6.92 Å². The lowest BCUT2D eigenvalue weighted by molar-refractivity contribution is -0.140. The number of nitrogens with one attached hydrogen (secondary N) is 11. The van der Waals surface area contributed by atoms with Gasteiger partial charge in [0.1, 0.15) is 66.2 Å². The van der Waals surface area contributed by atoms with Crippen molar-refractivity contribution in [3.63, 3.8) is 0 Å². The number of hydrogen-bond acceptors (Lipinski definition) is 19. The highest BCUT2D eigenvalue weighted by Gasteiger charge is 2.41. The molecule has 1 aromatic heterocycles. The molecule has 0 radical (unpaired) electrons. The van der Waals surface area contributed by atoms with Crippen LogP contribution in [0.4, 0.5) is 0 Å². The quantitative estimate of drug-likeness (QED) is 0.0167. The van der Waals surface area contributed by atoms with Gasteiger partial charge in [0.15, 0.2) is 5.96 Å². The van der Waals surface area contributed by atoms with E-state index in [4.69, 9.17) is 22.9 Å². The molecule has 12 amide bonds. The zero-order valence-corrected chi connectivity index (χ0v) is 61.2. The molecule has 22 N–H and O–H groups in total. The second-order valence-electron chi connectivity index (χ2n) is 27.0. The number of likely N-dealkylation sites (tertiary alicyclic amines) is 1. The Morgan fingerprint density at radius 1 is 0.654 bits per heavy atom. The van der Waals surface area contributed by atoms with Crippen LogP contribution in [-0.4, -0.2) is 212 Å². The fourth-order valence-corrected chi connectivity index (χ4v) is 15.0. The minimum Gasteiger partial charge on any atom is -0.508 e. The summed E-state index contributed by atoms with van der Waals surface area (Å²) in [5.74, 6) is -15.1. The average Bonchev–Trinajstić information content (AvgIpc) is 1.74. The number of carboxylic acid groups (broad SMARTS) is 2. The summed E-state index contributed by atoms with van der Waals surface area (Å²) in [6, 6.07) is 4.16. The molecule has 107 heavy (non-hydrogen) atoms. The number of phenols is 1. The van der Waals surface area contributed by atoms with E-state index in [9.17, 15) is 68.1 Å². The predicted molar refractivity (Wildman–Crippen MR) is 396 cm³/mol. The number of guanidine groups is 1. The van der Waals surface area contributed by atoms with Gasteiger partial charge in [-0.25, -0.2) is 0 Å². The molecule has 3 heterocycles. The van der Waals surface area contributed by atoms with Crippen LogP contribution >= 0.6 is 21.6 Å². The zero-order chi connectivity index (χ0) is 77.9. The number of aliphatic carboxylic acids is 2. The molecular formula is C71H97N17O17S2. The van der Waals surface area contributed by atoms with Crippen LogP contribution in [0.2, 0.25) is 0 Å². The van der Waals surface area contributed by atoms with Crippen molar-refractivity contribution in [1.82, 2.24) is 63.1 Å². The molecule has 0 bridgehead atoms. The zero-order valence-electron chi connectivity index (χ0n) is 59.6. The van der Waals surface area contributed by atoms with Crippen LogP contribution in [-0.2, 0) is 86.4 Å². The molecule has 4 aromatic rings. The number of hydrogen-bond donors (Lipinski definition) is 18. The standard InChI is InChI=1S/C71H97N17O17S2/c1-38-15-17-40(18-16-38)32-51-65(100)80-47(13-7-28-77-71(74)75)62(97)76-29-27-56(90)79-48(23-25-58(92)93)63(98)82-52(34-43-35-78-46-12-6-5-11-45(43)46)67(102)81-49(24-26-59(94)95)64(99)85-53(61(73)96)36-106-107-37-54(68(103)87-60(70(105)84-51)42-9-3-4-10-42)86-66(101)50(33-41-19-21-44(89)22-20-41)83-69(104)55-14-8-30-88(55)57(91)31-39(2)72/h5-6,11-12,15-22,35,39,42,47-55,60,78,89H,3-4,7-10,13-14,23-34,36-37,72H2,1-2H3,(H2,73,96)(H,76,97)(H,79,90)(H,80,100)(H,81,102)(H,82,98)(H,83,104)(H,84,105)(H,85,99)(H,86,101)(H,87,103)(H,92,93)(H,94,95)(H4,74,75,77)/t39-,47-,48-,49-,50-,51-,52-,53+,54-,55-,60-/m0/s1. The Labute approximate surface area is 625 Å². The van der Waals surface area contributed by atoms with E-state index in [2.05, 4.69) is 63.1 Å². The lowest BCUT2D eigenvalue weighted by atomic mass is 9.95. The third-order valence-electron chi connectivity index (χ3n) is 18.4. The number of carbonyl (C=O) groups excluding carboxylic acids is 12. The average molecular weight is 1520 g/mol. The predicted octanol–water partition coefficient (Wildman–Crippen LogP) is -1.34. The lowest BCUT2D eigenvalue weighted by Crippen LogP contribution is -2.61. The van der Waals surface area contributed by atoms with Crippen molar-refractivity contribution in [2.45, 2.75) is 189 Å². The van der Waals surface area contributed by atoms with Crippen LogP contribution in [0.25, 0.3) is 10.9 Å². The topological polar surface area (TPSA) is 555 Å². The van der Waals surface area contributed by atoms with Gasteiger partial charge in [-0.05, 0) is 106 Å². The molecule has 0 spiro atoms. The number of H-pyrrole nitrogens is 1. The number of amides is 12. The highest BCUT2D eigenvalue weighted by Crippen LogP contribution is 2.30. The Morgan fingerprint density at radius 3 is 1.89 bits per heavy atom. The van der Waals surface area contributed by atoms with E-state index < -0.39 is 188 Å². The number of carboxylic acids is 2. The SMILES string of the molecule is Cc1ccc(C[C@@H]2NC(=O)[C@H](C3CCCC3)NC(=O)[C@@H](NC(=O)[C@H](Cc3ccc(O)cc3)NC(=O)[C@@H]3CCCN3C(=O)C[C@H](C)N)CSSC[C@H](C(N)=O)NC(=O)[C@H](CCC(=O)O)NC(=O)[C@H](Cc3c[nH]c4ccccc34)NC(=O)[C@H](CCC(=O)O)NC(=O)CCNC(=O)[C@H](CCCN=C(N)N)NC2=O)cc1. The van der Waals surface area contributed by atoms with Gasteiger partial charge in [0.25, 0.3) is 0 Å². The van der Waals surface area contributed by atoms with Gasteiger partial charge in [-0.1, -0.05) is 94.6 Å². The first-order chi connectivity index (χ1) is 51.0. The van der Waals surface area contributed by atoms with Crippen molar-refractivity contribution in [2.24, 2.45) is 33.8 Å². The highest BCUT2D eigenvalue weighted by molar-refractivity contribution is 8.76. The Kier molecular flexibility index (Phi) is 32.4. The number of phenolic OH excluding ortho intramolecular Hbond substituents is 1. The number of primary amides is 1. The van der Waals surface area contributed by atoms with Crippen LogP contribution in [0.1, 0.15) is 119 Å². The maximum Gasteiger partial charge on any atom is 0.303 e. The lowest BCUT2D eigenvalue weighted by Gasteiger charge is -2.30. The number of para-hydroxylation sites is 1. The summed E-state index contributed by atoms with van der Waals surface area (Å²) >= 11 is 0. The summed E-state index contributed by atoms with van der Waals surface area (Å²) in [6.45, 7) is 3.29. The van der Waals surface area contributed by atoms with Crippen LogP contribution in [0.15, 0.2) is 84.0 Å². The summed E-state index contributed by atoms with van der Waals surface area (Å²) in [4.78, 5) is 206. The fourth-order valence-electron chi connectivity index (χ4n) is 12.7. The number of rotatable bonds is 24. The molecule has 7 rings (SSSR count). The van der Waals surface area contributed by atoms with Gasteiger partial charge in [-0.15, -0.1) is 0 Å². The first-order valence-electron chi connectivity index (χ1n) is 35.5. The number of nitrogens with two attached hydrogens (primary N) is 4. The Bertz CT molecular complexity index is 3850. The first-order valence-corrected chi connectivity index (χ1v) is 38.0. The highest BCUT2D eigenvalue weighted by atomic mass is 33.1. The Balaban J connectivity index is 1.28. The number of aromatic hydroxyl groups is 1. The number of benzene rings is 3. The smallest absolute Gasteiger partial charge is 0.303 e. The molecule has 3 fully saturated rings. The number of carbonyl (C=O) groups is 14. The van der Waals surface area contributed by atoms with Gasteiger partial charge < -0.3 is 101 Å². The minimum atomic E-state index is -1.75. The van der Waals surface area contributed by atoms with Crippen molar-refractivity contribution in [2.75, 3.05) is 31.1 Å². The molecule has 580 valence electrons. The normalized spacial score (nSPS) is 23.1. The molecule has 1 aliphatic carbocycles. The molecule has 3 aromatic carbocycles. The van der Waals surface area contributed by atoms with Gasteiger partial charge in [-0.2, -0.15) is 0 Å². The number of aryl methyl sites for hydroxylation is 1. The molecular weight excluding hydrogens is 1430 g/mol. The van der Waals surface area contributed by atoms with Crippen LogP contribution < -0.4 is 76.1 Å². The van der Waals surface area contributed by atoms with E-state index in [1.165, 1.54) is 29.2 Å². The molecule has 3 aliphatic rings. The third kappa shape index (κ3) is 26.8. The summed E-state index contributed by atoms with van der Waals surface area (Å²) in [5, 5.41) is 57.0. The third-order valence-corrected chi connectivity index (χ3v) is 20.8. The maximum absolute atomic E-state index is 15.3. The second-order valence-corrected chi connectivity index (χ2v) is 29.5. The largest absolute Gasteiger partial charge is 0.508 e. The molecule has 36 heteroatoms. The van der Waals surface area contributed by atoms with Gasteiger partial charge in [0.2, 0.25) is 70.9 Å². The minimum absolute atomic E-state index is 0.00189. The van der Waals surface area contributed by atoms with E-state index in [1.54, 1.807) is 61.7 Å². The summed E-state index contributed by atoms with van der Waals surface area (Å²) < 4.78 is 0. The summed E-state index contributed by atoms with van der Waals surface area (Å²) in [6.07, 6.45) is 0.557. The van der Waals surface area contributed by atoms with Crippen molar-refractivity contribution < 1.29 is 82.4 Å². The molecule has 11 atom stereocenters. The van der Waals surface area contributed by atoms with Crippen molar-refractivity contribution in [1.29, 1.82) is 0 Å². The summed E-state index contributed by atoms with van der Waals surface area (Å²) in [5.41, 5.74) is 26.1. The molecule has 1 saturated carbocycles. The van der Waals surface area contributed by atoms with Crippen LogP contribution in [0.3, 0.4) is 0 Å². The maximum atomic E-state index is 15.3. The van der Waals surface area contributed by atoms with Crippen molar-refractivity contribution >= 4 is 121 Å². The first kappa shape index (κ1) is 83.8. The molecule has 2 aliphatic heterocycles. The van der Waals surface area contributed by atoms with Gasteiger partial charge in [0, 0.05) is 99.2 Å². The second kappa shape index (κ2) is 41.4. The van der Waals surface area contributed by atoms with E-state index in [-0.39, 0.29) is 87.2 Å². The molecule has 0 unspecified atom stereocenters. The Morgan fingerprint density at radius 2 is 1.24 bits per heavy atom. The van der Waals surface area contributed by atoms with Gasteiger partial charge >= 0.3 is 11.9 Å². The van der Waals surface area contributed by atoms with Crippen LogP contribution in [0.5, 0.6) is 5.75 Å². The van der Waals surface area contributed by atoms with Crippen molar-refractivity contribution in [3.8, 4) is 5.75 Å². The monoisotopic (exact) mass is 1520 g/mol.